The van der Waals surface area contributed by atoms with Gasteiger partial charge >= 0.3 is 0 Å². The number of nitrogens with one attached hydrogen (secondary N) is 1. The summed E-state index contributed by atoms with van der Waals surface area (Å²) in [5.74, 6) is -0.288. The minimum atomic E-state index is -0.288. The van der Waals surface area contributed by atoms with Crippen LogP contribution in [0, 0.1) is 5.82 Å². The summed E-state index contributed by atoms with van der Waals surface area (Å²) in [6.07, 6.45) is 3.89. The molecule has 0 radical (unpaired) electrons. The molecule has 1 heterocycles. The highest BCUT2D eigenvalue weighted by molar-refractivity contribution is 5.16. The van der Waals surface area contributed by atoms with Gasteiger partial charge in [-0.3, -0.25) is 4.98 Å². The van der Waals surface area contributed by atoms with Crippen molar-refractivity contribution in [2.45, 2.75) is 19.4 Å². The Morgan fingerprint density at radius 3 is 2.72 bits per heavy atom. The first-order valence-corrected chi connectivity index (χ1v) is 6.13. The van der Waals surface area contributed by atoms with Crippen LogP contribution in [0.4, 0.5) is 4.39 Å². The van der Waals surface area contributed by atoms with Gasteiger partial charge < -0.3 is 5.32 Å². The highest BCUT2D eigenvalue weighted by Gasteiger charge is 2.05. The van der Waals surface area contributed by atoms with Crippen molar-refractivity contribution < 1.29 is 4.39 Å². The maximum atomic E-state index is 13.0. The normalized spacial score (nSPS) is 12.3. The maximum Gasteiger partial charge on any atom is 0.141 e. The fourth-order valence-electron chi connectivity index (χ4n) is 1.86. The number of rotatable bonds is 5. The molecule has 0 spiro atoms. The Morgan fingerprint density at radius 2 is 2.00 bits per heavy atom. The zero-order valence-corrected chi connectivity index (χ0v) is 10.4. The Kier molecular flexibility index (Phi) is 4.42. The molecule has 2 aromatic rings. The highest BCUT2D eigenvalue weighted by atomic mass is 19.1. The van der Waals surface area contributed by atoms with Crippen molar-refractivity contribution in [2.24, 2.45) is 0 Å². The lowest BCUT2D eigenvalue weighted by Gasteiger charge is -2.13. The van der Waals surface area contributed by atoms with Crippen LogP contribution in [0.15, 0.2) is 48.8 Å². The topological polar surface area (TPSA) is 24.9 Å². The molecule has 0 saturated carbocycles. The first-order valence-electron chi connectivity index (χ1n) is 6.13. The van der Waals surface area contributed by atoms with E-state index in [0.29, 0.717) is 0 Å². The molecule has 1 aromatic carbocycles. The van der Waals surface area contributed by atoms with Crippen molar-refractivity contribution in [3.05, 3.63) is 65.7 Å². The highest BCUT2D eigenvalue weighted by Crippen LogP contribution is 2.11. The summed E-state index contributed by atoms with van der Waals surface area (Å²) in [7, 11) is 0. The zero-order chi connectivity index (χ0) is 12.8. The number of nitrogens with zero attached hydrogens (tertiary/aromatic N) is 1. The van der Waals surface area contributed by atoms with Gasteiger partial charge in [-0.2, -0.15) is 0 Å². The Hall–Kier alpha value is -1.74. The largest absolute Gasteiger partial charge is 0.310 e. The van der Waals surface area contributed by atoms with Gasteiger partial charge in [0.05, 0.1) is 6.20 Å². The van der Waals surface area contributed by atoms with Crippen molar-refractivity contribution in [1.29, 1.82) is 0 Å². The van der Waals surface area contributed by atoms with Crippen LogP contribution in [0.2, 0.25) is 0 Å². The summed E-state index contributed by atoms with van der Waals surface area (Å²) in [5.41, 5.74) is 2.18. The average Bonchev–Trinajstić information content (AvgIpc) is 2.40. The average molecular weight is 244 g/mol. The quantitative estimate of drug-likeness (QED) is 0.874. The molecule has 0 amide bonds. The van der Waals surface area contributed by atoms with E-state index >= 15 is 0 Å². The first-order chi connectivity index (χ1) is 8.75. The predicted octanol–water partition coefficient (Wildman–Crippen LogP) is 3.11. The fraction of sp³-hybridized carbons (Fsp3) is 0.267. The third-order valence-electron chi connectivity index (χ3n) is 2.93. The molecule has 3 heteroatoms. The summed E-state index contributed by atoms with van der Waals surface area (Å²) in [6, 6.07) is 11.9. The number of aromatic nitrogens is 1. The SMILES string of the molecule is CC(NCCc1ccccc1)c1cncc(F)c1. The summed E-state index contributed by atoms with van der Waals surface area (Å²) in [4.78, 5) is 3.86. The monoisotopic (exact) mass is 244 g/mol. The van der Waals surface area contributed by atoms with E-state index in [9.17, 15) is 4.39 Å². The number of benzene rings is 1. The van der Waals surface area contributed by atoms with E-state index in [1.54, 1.807) is 6.20 Å². The van der Waals surface area contributed by atoms with Gasteiger partial charge in [0.1, 0.15) is 5.82 Å². The van der Waals surface area contributed by atoms with E-state index in [2.05, 4.69) is 22.4 Å². The van der Waals surface area contributed by atoms with Crippen LogP contribution in [0.5, 0.6) is 0 Å². The van der Waals surface area contributed by atoms with E-state index in [-0.39, 0.29) is 11.9 Å². The van der Waals surface area contributed by atoms with Crippen LogP contribution in [-0.4, -0.2) is 11.5 Å². The lowest BCUT2D eigenvalue weighted by molar-refractivity contribution is 0.563. The molecule has 0 aliphatic rings. The van der Waals surface area contributed by atoms with E-state index < -0.39 is 0 Å². The third-order valence-corrected chi connectivity index (χ3v) is 2.93. The molecule has 0 fully saturated rings. The van der Waals surface area contributed by atoms with Gasteiger partial charge in [0.2, 0.25) is 0 Å². The van der Waals surface area contributed by atoms with Crippen LogP contribution < -0.4 is 5.32 Å². The van der Waals surface area contributed by atoms with Crippen molar-refractivity contribution in [2.75, 3.05) is 6.54 Å². The Bertz CT molecular complexity index is 485. The van der Waals surface area contributed by atoms with Crippen LogP contribution in [0.1, 0.15) is 24.1 Å². The molecular weight excluding hydrogens is 227 g/mol. The standard InChI is InChI=1S/C15H17FN2/c1-12(14-9-15(16)11-17-10-14)18-8-7-13-5-3-2-4-6-13/h2-6,9-12,18H,7-8H2,1H3. The molecule has 2 nitrogen and oxygen atoms in total. The van der Waals surface area contributed by atoms with Gasteiger partial charge in [-0.25, -0.2) is 4.39 Å². The van der Waals surface area contributed by atoms with Crippen molar-refractivity contribution in [3.8, 4) is 0 Å². The predicted molar refractivity (Wildman–Crippen MR) is 70.8 cm³/mol. The smallest absolute Gasteiger partial charge is 0.141 e. The Balaban J connectivity index is 1.83. The van der Waals surface area contributed by atoms with E-state index in [1.165, 1.54) is 17.8 Å². The second kappa shape index (κ2) is 6.26. The minimum absolute atomic E-state index is 0.108. The van der Waals surface area contributed by atoms with E-state index in [1.807, 2.05) is 25.1 Å². The van der Waals surface area contributed by atoms with E-state index in [0.717, 1.165) is 18.5 Å². The van der Waals surface area contributed by atoms with Crippen LogP contribution in [0.25, 0.3) is 0 Å². The molecule has 0 saturated heterocycles. The zero-order valence-electron chi connectivity index (χ0n) is 10.4. The molecule has 2 rings (SSSR count). The van der Waals surface area contributed by atoms with Crippen molar-refractivity contribution in [1.82, 2.24) is 10.3 Å². The fourth-order valence-corrected chi connectivity index (χ4v) is 1.86. The lowest BCUT2D eigenvalue weighted by atomic mass is 10.1. The van der Waals surface area contributed by atoms with Gasteiger partial charge in [-0.15, -0.1) is 0 Å². The Morgan fingerprint density at radius 1 is 1.22 bits per heavy atom. The van der Waals surface area contributed by atoms with Gasteiger partial charge in [-0.1, -0.05) is 30.3 Å². The summed E-state index contributed by atoms with van der Waals surface area (Å²) < 4.78 is 13.0. The van der Waals surface area contributed by atoms with Crippen molar-refractivity contribution >= 4 is 0 Å². The molecule has 1 atom stereocenters. The first kappa shape index (κ1) is 12.7. The maximum absolute atomic E-state index is 13.0. The summed E-state index contributed by atoms with van der Waals surface area (Å²) >= 11 is 0. The molecule has 94 valence electrons. The van der Waals surface area contributed by atoms with Gasteiger partial charge in [0, 0.05) is 12.2 Å². The number of halogens is 1. The number of hydrogen-bond acceptors (Lipinski definition) is 2. The second-order valence-electron chi connectivity index (χ2n) is 4.35. The molecule has 1 unspecified atom stereocenters. The molecule has 0 bridgehead atoms. The molecule has 0 aliphatic carbocycles. The van der Waals surface area contributed by atoms with Crippen molar-refractivity contribution in [3.63, 3.8) is 0 Å². The molecule has 1 aromatic heterocycles. The molecule has 0 aliphatic heterocycles. The molecule has 1 N–H and O–H groups in total. The van der Waals surface area contributed by atoms with Crippen LogP contribution >= 0.6 is 0 Å². The van der Waals surface area contributed by atoms with Crippen LogP contribution in [0.3, 0.4) is 0 Å². The second-order valence-corrected chi connectivity index (χ2v) is 4.35. The molecular formula is C15H17FN2. The number of hydrogen-bond donors (Lipinski definition) is 1. The molecule has 18 heavy (non-hydrogen) atoms. The minimum Gasteiger partial charge on any atom is -0.310 e. The van der Waals surface area contributed by atoms with Gasteiger partial charge in [0.15, 0.2) is 0 Å². The number of pyridine rings is 1. The third kappa shape index (κ3) is 3.64. The van der Waals surface area contributed by atoms with Crippen LogP contribution in [-0.2, 0) is 6.42 Å². The van der Waals surface area contributed by atoms with E-state index in [4.69, 9.17) is 0 Å². The Labute approximate surface area is 107 Å². The summed E-state index contributed by atoms with van der Waals surface area (Å²) in [5, 5.41) is 3.37. The summed E-state index contributed by atoms with van der Waals surface area (Å²) in [6.45, 7) is 2.88. The lowest BCUT2D eigenvalue weighted by Crippen LogP contribution is -2.21. The van der Waals surface area contributed by atoms with Gasteiger partial charge in [-0.05, 0) is 37.1 Å². The van der Waals surface area contributed by atoms with Gasteiger partial charge in [0.25, 0.3) is 0 Å².